The van der Waals surface area contributed by atoms with Crippen LogP contribution in [0.4, 0.5) is 5.69 Å². The fraction of sp³-hybridized carbons (Fsp3) is 0.714. The van der Waals surface area contributed by atoms with Crippen molar-refractivity contribution < 1.29 is 9.47 Å². The Morgan fingerprint density at radius 2 is 1.92 bits per heavy atom. The van der Waals surface area contributed by atoms with Crippen LogP contribution in [-0.4, -0.2) is 69.0 Å². The molecule has 0 saturated carbocycles. The number of hydrogen-bond donors (Lipinski definition) is 1. The molecule has 1 spiro atoms. The Balaban J connectivity index is 1.36. The second-order valence-electron chi connectivity index (χ2n) is 7.85. The zero-order valence-electron chi connectivity index (χ0n) is 16.1. The number of benzene rings is 1. The second kappa shape index (κ2) is 8.15. The minimum Gasteiger partial charge on any atom is -0.492 e. The number of para-hydroxylation sites is 2. The molecule has 0 aromatic heterocycles. The lowest BCUT2D eigenvalue weighted by Gasteiger charge is -2.48. The zero-order chi connectivity index (χ0) is 17.8. The van der Waals surface area contributed by atoms with Gasteiger partial charge in [-0.1, -0.05) is 12.1 Å². The van der Waals surface area contributed by atoms with E-state index in [9.17, 15) is 0 Å². The van der Waals surface area contributed by atoms with Crippen molar-refractivity contribution in [2.45, 2.75) is 44.2 Å². The van der Waals surface area contributed by atoms with E-state index in [4.69, 9.17) is 9.47 Å². The average molecular weight is 360 g/mol. The number of rotatable bonds is 4. The lowest BCUT2D eigenvalue weighted by molar-refractivity contribution is -0.121. The number of ether oxygens (including phenoxy) is 2. The van der Waals surface area contributed by atoms with Crippen LogP contribution in [0.1, 0.15) is 32.6 Å². The quantitative estimate of drug-likeness (QED) is 0.894. The molecule has 4 rings (SSSR count). The minimum absolute atomic E-state index is 0.146. The molecule has 5 nitrogen and oxygen atoms in total. The van der Waals surface area contributed by atoms with Crippen LogP contribution in [0, 0.1) is 0 Å². The van der Waals surface area contributed by atoms with Crippen molar-refractivity contribution in [3.8, 4) is 5.75 Å². The van der Waals surface area contributed by atoms with Gasteiger partial charge in [-0.3, -0.25) is 4.90 Å². The Labute approximate surface area is 157 Å². The largest absolute Gasteiger partial charge is 0.492 e. The van der Waals surface area contributed by atoms with E-state index >= 15 is 0 Å². The van der Waals surface area contributed by atoms with Gasteiger partial charge >= 0.3 is 0 Å². The van der Waals surface area contributed by atoms with Gasteiger partial charge in [0.1, 0.15) is 5.75 Å². The van der Waals surface area contributed by atoms with Crippen LogP contribution in [0.25, 0.3) is 0 Å². The molecule has 26 heavy (non-hydrogen) atoms. The van der Waals surface area contributed by atoms with Crippen molar-refractivity contribution in [1.82, 2.24) is 10.2 Å². The summed E-state index contributed by atoms with van der Waals surface area (Å²) < 4.78 is 12.1. The highest BCUT2D eigenvalue weighted by atomic mass is 16.5. The Kier molecular flexibility index (Phi) is 5.67. The van der Waals surface area contributed by atoms with E-state index in [0.29, 0.717) is 6.04 Å². The molecule has 3 aliphatic heterocycles. The summed E-state index contributed by atoms with van der Waals surface area (Å²) >= 11 is 0. The number of hydrogen-bond acceptors (Lipinski definition) is 5. The second-order valence-corrected chi connectivity index (χ2v) is 7.85. The van der Waals surface area contributed by atoms with E-state index < -0.39 is 0 Å². The van der Waals surface area contributed by atoms with Crippen LogP contribution in [0.2, 0.25) is 0 Å². The SMILES string of the molecule is CCOc1ccccc1N1CCN(C2CCOC3(CCNCC3)C2)CC1. The molecule has 0 bridgehead atoms. The topological polar surface area (TPSA) is 37.0 Å². The van der Waals surface area contributed by atoms with Crippen molar-refractivity contribution >= 4 is 5.69 Å². The van der Waals surface area contributed by atoms with Crippen LogP contribution in [-0.2, 0) is 4.74 Å². The summed E-state index contributed by atoms with van der Waals surface area (Å²) in [5.41, 5.74) is 1.39. The van der Waals surface area contributed by atoms with Gasteiger partial charge in [0.25, 0.3) is 0 Å². The maximum absolute atomic E-state index is 6.27. The van der Waals surface area contributed by atoms with Crippen LogP contribution in [0.15, 0.2) is 24.3 Å². The third kappa shape index (κ3) is 3.85. The Bertz CT molecular complexity index is 575. The molecule has 3 aliphatic rings. The first-order chi connectivity index (χ1) is 12.8. The van der Waals surface area contributed by atoms with E-state index in [1.807, 2.05) is 0 Å². The predicted octanol–water partition coefficient (Wildman–Crippen LogP) is 2.51. The van der Waals surface area contributed by atoms with Gasteiger partial charge in [0.15, 0.2) is 0 Å². The molecule has 1 aromatic rings. The molecule has 0 aliphatic carbocycles. The molecule has 1 unspecified atom stereocenters. The highest BCUT2D eigenvalue weighted by molar-refractivity contribution is 5.58. The fourth-order valence-corrected chi connectivity index (χ4v) is 4.87. The zero-order valence-corrected chi connectivity index (χ0v) is 16.1. The maximum atomic E-state index is 6.27. The van der Waals surface area contributed by atoms with Crippen molar-refractivity contribution in [1.29, 1.82) is 0 Å². The molecule has 3 heterocycles. The first-order valence-corrected chi connectivity index (χ1v) is 10.4. The highest BCUT2D eigenvalue weighted by Crippen LogP contribution is 2.36. The average Bonchev–Trinajstić information content (AvgIpc) is 2.70. The van der Waals surface area contributed by atoms with Crippen LogP contribution < -0.4 is 15.0 Å². The van der Waals surface area contributed by atoms with Gasteiger partial charge in [-0.15, -0.1) is 0 Å². The summed E-state index contributed by atoms with van der Waals surface area (Å²) in [4.78, 5) is 5.20. The summed E-state index contributed by atoms with van der Waals surface area (Å²) in [7, 11) is 0. The van der Waals surface area contributed by atoms with E-state index in [1.54, 1.807) is 0 Å². The number of nitrogens with zero attached hydrogens (tertiary/aromatic N) is 2. The van der Waals surface area contributed by atoms with Gasteiger partial charge in [-0.05, 0) is 57.8 Å². The van der Waals surface area contributed by atoms with Gasteiger partial charge in [0, 0.05) is 38.8 Å². The highest BCUT2D eigenvalue weighted by Gasteiger charge is 2.40. The van der Waals surface area contributed by atoms with Gasteiger partial charge in [0.2, 0.25) is 0 Å². The standard InChI is InChI=1S/C21H33N3O2/c1-2-25-20-6-4-3-5-19(20)24-14-12-23(13-15-24)18-7-16-26-21(17-18)8-10-22-11-9-21/h3-6,18,22H,2,7-17H2,1H3. The summed E-state index contributed by atoms with van der Waals surface area (Å²) in [5, 5.41) is 3.48. The van der Waals surface area contributed by atoms with Gasteiger partial charge < -0.3 is 19.7 Å². The molecule has 144 valence electrons. The smallest absolute Gasteiger partial charge is 0.142 e. The molecule has 0 radical (unpaired) electrons. The molecule has 5 heteroatoms. The minimum atomic E-state index is 0.146. The van der Waals surface area contributed by atoms with Gasteiger partial charge in [0.05, 0.1) is 17.9 Å². The summed E-state index contributed by atoms with van der Waals surface area (Å²) in [6.07, 6.45) is 4.74. The van der Waals surface area contributed by atoms with Gasteiger partial charge in [-0.25, -0.2) is 0 Å². The third-order valence-electron chi connectivity index (χ3n) is 6.32. The molecule has 0 amide bonds. The van der Waals surface area contributed by atoms with E-state index in [-0.39, 0.29) is 5.60 Å². The molecular formula is C21H33N3O2. The molecule has 1 aromatic carbocycles. The fourth-order valence-electron chi connectivity index (χ4n) is 4.87. The molecule has 1 atom stereocenters. The first kappa shape index (κ1) is 18.1. The van der Waals surface area contributed by atoms with Crippen molar-refractivity contribution in [2.75, 3.05) is 57.4 Å². The molecule has 3 saturated heterocycles. The van der Waals surface area contributed by atoms with Crippen LogP contribution in [0.5, 0.6) is 5.75 Å². The number of piperidine rings is 1. The summed E-state index contributed by atoms with van der Waals surface area (Å²) in [6.45, 7) is 10.3. The van der Waals surface area contributed by atoms with Crippen molar-refractivity contribution in [3.05, 3.63) is 24.3 Å². The Morgan fingerprint density at radius 3 is 2.69 bits per heavy atom. The first-order valence-electron chi connectivity index (χ1n) is 10.4. The van der Waals surface area contributed by atoms with Gasteiger partial charge in [-0.2, -0.15) is 0 Å². The normalized spacial score (nSPS) is 26.8. The number of anilines is 1. The van der Waals surface area contributed by atoms with Crippen LogP contribution >= 0.6 is 0 Å². The van der Waals surface area contributed by atoms with Crippen molar-refractivity contribution in [2.24, 2.45) is 0 Å². The molecule has 1 N–H and O–H groups in total. The Morgan fingerprint density at radius 1 is 1.15 bits per heavy atom. The lowest BCUT2D eigenvalue weighted by Crippen LogP contribution is -2.56. The monoisotopic (exact) mass is 359 g/mol. The summed E-state index contributed by atoms with van der Waals surface area (Å²) in [5.74, 6) is 1.02. The van der Waals surface area contributed by atoms with E-state index in [1.165, 1.54) is 31.4 Å². The van der Waals surface area contributed by atoms with E-state index in [0.717, 1.165) is 58.2 Å². The Hall–Kier alpha value is -1.30. The third-order valence-corrected chi connectivity index (χ3v) is 6.32. The lowest BCUT2D eigenvalue weighted by atomic mass is 9.82. The predicted molar refractivity (Wildman–Crippen MR) is 105 cm³/mol. The van der Waals surface area contributed by atoms with Crippen LogP contribution in [0.3, 0.4) is 0 Å². The summed E-state index contributed by atoms with van der Waals surface area (Å²) in [6, 6.07) is 9.14. The maximum Gasteiger partial charge on any atom is 0.142 e. The van der Waals surface area contributed by atoms with Crippen molar-refractivity contribution in [3.63, 3.8) is 0 Å². The number of piperazine rings is 1. The van der Waals surface area contributed by atoms with E-state index in [2.05, 4.69) is 46.3 Å². The molecular weight excluding hydrogens is 326 g/mol. The number of nitrogens with one attached hydrogen (secondary N) is 1. The molecule has 3 fully saturated rings.